The summed E-state index contributed by atoms with van der Waals surface area (Å²) in [7, 11) is 1.35. The van der Waals surface area contributed by atoms with Crippen LogP contribution in [0.4, 0.5) is 14.5 Å². The van der Waals surface area contributed by atoms with E-state index in [1.54, 1.807) is 10.7 Å². The highest BCUT2D eigenvalue weighted by atomic mass is 19.3. The number of ether oxygens (including phenoxy) is 2. The molecule has 1 aromatic heterocycles. The Kier molecular flexibility index (Phi) is 6.43. The zero-order valence-electron chi connectivity index (χ0n) is 16.1. The first-order valence-corrected chi connectivity index (χ1v) is 9.04. The molecule has 0 atom stereocenters. The molecule has 3 rings (SSSR count). The number of halogens is 2. The van der Waals surface area contributed by atoms with Crippen molar-refractivity contribution in [1.29, 1.82) is 0 Å². The van der Waals surface area contributed by atoms with Gasteiger partial charge in [0.2, 0.25) is 0 Å². The highest BCUT2D eigenvalue weighted by Crippen LogP contribution is 2.31. The van der Waals surface area contributed by atoms with Gasteiger partial charge in [0.1, 0.15) is 0 Å². The first kappa shape index (κ1) is 20.3. The first-order valence-electron chi connectivity index (χ1n) is 9.04. The van der Waals surface area contributed by atoms with Gasteiger partial charge < -0.3 is 14.8 Å². The predicted molar refractivity (Wildman–Crippen MR) is 105 cm³/mol. The summed E-state index contributed by atoms with van der Waals surface area (Å²) in [5, 5.41) is 7.04. The van der Waals surface area contributed by atoms with E-state index in [0.29, 0.717) is 24.2 Å². The van der Waals surface area contributed by atoms with Crippen LogP contribution in [0.15, 0.2) is 54.7 Å². The van der Waals surface area contributed by atoms with Crippen molar-refractivity contribution in [2.24, 2.45) is 0 Å². The lowest BCUT2D eigenvalue weighted by atomic mass is 10.1. The van der Waals surface area contributed by atoms with Crippen LogP contribution in [-0.2, 0) is 13.0 Å². The van der Waals surface area contributed by atoms with Crippen LogP contribution in [0.25, 0.3) is 0 Å². The maximum Gasteiger partial charge on any atom is 0.387 e. The number of nitrogens with zero attached hydrogens (tertiary/aromatic N) is 2. The Morgan fingerprint density at radius 1 is 1.17 bits per heavy atom. The predicted octanol–water partition coefficient (Wildman–Crippen LogP) is 4.36. The molecule has 1 N–H and O–H groups in total. The molecular weight excluding hydrogens is 380 g/mol. The number of hydrogen-bond donors (Lipinski definition) is 1. The molecule has 152 valence electrons. The molecule has 0 aliphatic heterocycles. The van der Waals surface area contributed by atoms with Gasteiger partial charge in [0.05, 0.1) is 31.1 Å². The second-order valence-corrected chi connectivity index (χ2v) is 6.20. The molecule has 1 amide bonds. The number of alkyl halides is 2. The number of methoxy groups -OCH3 is 1. The van der Waals surface area contributed by atoms with Crippen LogP contribution in [0, 0.1) is 0 Å². The molecule has 29 heavy (non-hydrogen) atoms. The van der Waals surface area contributed by atoms with E-state index in [1.165, 1.54) is 25.4 Å². The molecule has 0 saturated carbocycles. The van der Waals surface area contributed by atoms with Crippen molar-refractivity contribution in [2.45, 2.75) is 26.5 Å². The molecule has 0 aliphatic carbocycles. The molecule has 0 unspecified atom stereocenters. The Labute approximate surface area is 167 Å². The summed E-state index contributed by atoms with van der Waals surface area (Å²) in [6.45, 7) is -0.513. The summed E-state index contributed by atoms with van der Waals surface area (Å²) in [6, 6.07) is 14.1. The van der Waals surface area contributed by atoms with Gasteiger partial charge in [-0.25, -0.2) is 0 Å². The standard InChI is InChI=1S/C21H21F2N3O3/c1-3-17-16(12-24-26(17)13-14-7-5-4-6-8-14)20(27)25-15-9-10-18(28-2)19(11-15)29-21(22)23/h4-12,21H,3,13H2,1-2H3,(H,25,27). The molecule has 1 heterocycles. The fraction of sp³-hybridized carbons (Fsp3) is 0.238. The smallest absolute Gasteiger partial charge is 0.387 e. The van der Waals surface area contributed by atoms with Gasteiger partial charge in [0.15, 0.2) is 11.5 Å². The molecule has 6 nitrogen and oxygen atoms in total. The van der Waals surface area contributed by atoms with Gasteiger partial charge in [-0.2, -0.15) is 13.9 Å². The van der Waals surface area contributed by atoms with Gasteiger partial charge in [-0.05, 0) is 24.1 Å². The first-order chi connectivity index (χ1) is 14.0. The third-order valence-corrected chi connectivity index (χ3v) is 4.34. The largest absolute Gasteiger partial charge is 0.493 e. The fourth-order valence-electron chi connectivity index (χ4n) is 3.01. The molecule has 0 saturated heterocycles. The maximum atomic E-state index is 12.8. The van der Waals surface area contributed by atoms with Crippen molar-refractivity contribution < 1.29 is 23.0 Å². The number of hydrogen-bond acceptors (Lipinski definition) is 4. The van der Waals surface area contributed by atoms with E-state index in [-0.39, 0.29) is 17.4 Å². The van der Waals surface area contributed by atoms with E-state index >= 15 is 0 Å². The maximum absolute atomic E-state index is 12.8. The quantitative estimate of drug-likeness (QED) is 0.609. The number of anilines is 1. The number of benzene rings is 2. The minimum atomic E-state index is -3.00. The topological polar surface area (TPSA) is 65.4 Å². The summed E-state index contributed by atoms with van der Waals surface area (Å²) in [5.41, 5.74) is 2.59. The number of amides is 1. The van der Waals surface area contributed by atoms with Gasteiger partial charge in [0, 0.05) is 11.8 Å². The van der Waals surface area contributed by atoms with Crippen LogP contribution in [0.1, 0.15) is 28.5 Å². The van der Waals surface area contributed by atoms with Crippen LogP contribution in [-0.4, -0.2) is 29.4 Å². The van der Waals surface area contributed by atoms with Crippen molar-refractivity contribution >= 4 is 11.6 Å². The summed E-state index contributed by atoms with van der Waals surface area (Å²) >= 11 is 0. The molecule has 3 aromatic rings. The lowest BCUT2D eigenvalue weighted by molar-refractivity contribution is -0.0511. The minimum absolute atomic E-state index is 0.147. The Morgan fingerprint density at radius 3 is 2.59 bits per heavy atom. The van der Waals surface area contributed by atoms with Gasteiger partial charge in [-0.15, -0.1) is 0 Å². The fourth-order valence-corrected chi connectivity index (χ4v) is 3.01. The van der Waals surface area contributed by atoms with Crippen molar-refractivity contribution in [1.82, 2.24) is 9.78 Å². The Bertz CT molecular complexity index is 975. The highest BCUT2D eigenvalue weighted by molar-refractivity contribution is 6.05. The van der Waals surface area contributed by atoms with E-state index in [1.807, 2.05) is 37.3 Å². The SMILES string of the molecule is CCc1c(C(=O)Nc2ccc(OC)c(OC(F)F)c2)cnn1Cc1ccccc1. The van der Waals surface area contributed by atoms with Crippen molar-refractivity contribution in [3.63, 3.8) is 0 Å². The monoisotopic (exact) mass is 401 g/mol. The second kappa shape index (κ2) is 9.18. The Morgan fingerprint density at radius 2 is 1.93 bits per heavy atom. The van der Waals surface area contributed by atoms with Crippen molar-refractivity contribution in [3.8, 4) is 11.5 Å². The lowest BCUT2D eigenvalue weighted by Gasteiger charge is -2.12. The van der Waals surface area contributed by atoms with Gasteiger partial charge >= 0.3 is 6.61 Å². The molecule has 0 fully saturated rings. The lowest BCUT2D eigenvalue weighted by Crippen LogP contribution is -2.15. The summed E-state index contributed by atoms with van der Waals surface area (Å²) in [4.78, 5) is 12.8. The minimum Gasteiger partial charge on any atom is -0.493 e. The molecular formula is C21H21F2N3O3. The van der Waals surface area contributed by atoms with Crippen LogP contribution in [0.5, 0.6) is 11.5 Å². The average molecular weight is 401 g/mol. The molecule has 0 radical (unpaired) electrons. The molecule has 2 aromatic carbocycles. The van der Waals surface area contributed by atoms with Crippen LogP contribution in [0.2, 0.25) is 0 Å². The van der Waals surface area contributed by atoms with Crippen LogP contribution >= 0.6 is 0 Å². The zero-order valence-corrected chi connectivity index (χ0v) is 16.1. The third kappa shape index (κ3) is 4.90. The summed E-state index contributed by atoms with van der Waals surface area (Å²) in [5.74, 6) is -0.390. The van der Waals surface area contributed by atoms with Crippen molar-refractivity contribution in [3.05, 3.63) is 71.5 Å². The van der Waals surface area contributed by atoms with Crippen molar-refractivity contribution in [2.75, 3.05) is 12.4 Å². The summed E-state index contributed by atoms with van der Waals surface area (Å²) < 4.78 is 36.4. The average Bonchev–Trinajstić information content (AvgIpc) is 3.11. The molecule has 8 heteroatoms. The van der Waals surface area contributed by atoms with E-state index in [4.69, 9.17) is 4.74 Å². The number of aromatic nitrogens is 2. The highest BCUT2D eigenvalue weighted by Gasteiger charge is 2.18. The number of nitrogens with one attached hydrogen (secondary N) is 1. The molecule has 0 bridgehead atoms. The zero-order chi connectivity index (χ0) is 20.8. The number of carbonyl (C=O) groups excluding carboxylic acids is 1. The summed E-state index contributed by atoms with van der Waals surface area (Å²) in [6.07, 6.45) is 2.12. The molecule has 0 spiro atoms. The van der Waals surface area contributed by atoms with E-state index in [2.05, 4.69) is 15.2 Å². The van der Waals surface area contributed by atoms with Crippen LogP contribution < -0.4 is 14.8 Å². The van der Waals surface area contributed by atoms with Crippen LogP contribution in [0.3, 0.4) is 0 Å². The number of rotatable bonds is 8. The molecule has 0 aliphatic rings. The third-order valence-electron chi connectivity index (χ3n) is 4.34. The van der Waals surface area contributed by atoms with E-state index < -0.39 is 6.61 Å². The second-order valence-electron chi connectivity index (χ2n) is 6.20. The Hall–Kier alpha value is -3.42. The van der Waals surface area contributed by atoms with Gasteiger partial charge in [-0.3, -0.25) is 9.48 Å². The normalized spacial score (nSPS) is 10.8. The van der Waals surface area contributed by atoms with Gasteiger partial charge in [-0.1, -0.05) is 37.3 Å². The Balaban J connectivity index is 1.80. The van der Waals surface area contributed by atoms with E-state index in [9.17, 15) is 13.6 Å². The van der Waals surface area contributed by atoms with Gasteiger partial charge in [0.25, 0.3) is 5.91 Å². The number of carbonyl (C=O) groups is 1. The van der Waals surface area contributed by atoms with E-state index in [0.717, 1.165) is 11.3 Å².